The van der Waals surface area contributed by atoms with E-state index in [0.29, 0.717) is 30.7 Å². The highest BCUT2D eigenvalue weighted by Crippen LogP contribution is 2.49. The molecule has 39 heavy (non-hydrogen) atoms. The van der Waals surface area contributed by atoms with Crippen LogP contribution in [0.5, 0.6) is 0 Å². The lowest BCUT2D eigenvalue weighted by atomic mass is 9.61. The molecule has 3 amide bonds. The molecular formula is C26H22ClF3N4O4S. The van der Waals surface area contributed by atoms with Gasteiger partial charge in [0.25, 0.3) is 5.91 Å². The number of pyridine rings is 1. The largest absolute Gasteiger partial charge is 0.335 e. The number of rotatable bonds is 6. The Balaban J connectivity index is 1.27. The van der Waals surface area contributed by atoms with E-state index >= 15 is 0 Å². The number of benzene rings is 2. The Morgan fingerprint density at radius 3 is 2.26 bits per heavy atom. The van der Waals surface area contributed by atoms with Gasteiger partial charge in [-0.15, -0.1) is 0 Å². The molecule has 1 aromatic heterocycles. The fourth-order valence-corrected chi connectivity index (χ4v) is 7.68. The summed E-state index contributed by atoms with van der Waals surface area (Å²) in [5.41, 5.74) is 0.0816. The molecule has 2 aromatic carbocycles. The summed E-state index contributed by atoms with van der Waals surface area (Å²) in [6.45, 7) is 0. The number of amides is 3. The number of fused-ring (bicyclic) bond motifs is 2. The summed E-state index contributed by atoms with van der Waals surface area (Å²) < 4.78 is 67.3. The van der Waals surface area contributed by atoms with Crippen LogP contribution < -0.4 is 16.0 Å². The number of hydrogen-bond donors (Lipinski definition) is 3. The number of carbonyl (C=O) groups excluding carboxylic acids is 2. The SMILES string of the molecule is O=C(Nc1cccnc1)NC1C2CC1CC(S(=O)(=O)c1cc(C(=O)Nc3cc(F)c(F)c(F)c3)ccc1Cl)C2. The fraction of sp³-hybridized carbons (Fsp3) is 0.269. The van der Waals surface area contributed by atoms with Gasteiger partial charge >= 0.3 is 6.03 Å². The molecule has 3 N–H and O–H groups in total. The molecule has 2 unspecified atom stereocenters. The molecule has 6 rings (SSSR count). The van der Waals surface area contributed by atoms with Crippen molar-refractivity contribution in [2.24, 2.45) is 11.8 Å². The highest BCUT2D eigenvalue weighted by Gasteiger charge is 2.51. The van der Waals surface area contributed by atoms with Gasteiger partial charge in [-0.25, -0.2) is 26.4 Å². The van der Waals surface area contributed by atoms with Crippen LogP contribution in [0.15, 0.2) is 59.8 Å². The number of nitrogens with zero attached hydrogens (tertiary/aromatic N) is 1. The van der Waals surface area contributed by atoms with E-state index in [0.717, 1.165) is 12.5 Å². The molecule has 0 radical (unpaired) electrons. The average molecular weight is 579 g/mol. The van der Waals surface area contributed by atoms with E-state index in [4.69, 9.17) is 11.6 Å². The molecule has 204 valence electrons. The van der Waals surface area contributed by atoms with Gasteiger partial charge in [0, 0.05) is 35.6 Å². The van der Waals surface area contributed by atoms with Crippen LogP contribution in [-0.2, 0) is 9.84 Å². The highest BCUT2D eigenvalue weighted by atomic mass is 35.5. The maximum Gasteiger partial charge on any atom is 0.319 e. The summed E-state index contributed by atoms with van der Waals surface area (Å²) in [6.07, 6.45) is 4.49. The molecule has 2 bridgehead atoms. The van der Waals surface area contributed by atoms with Gasteiger partial charge in [0.2, 0.25) is 0 Å². The van der Waals surface area contributed by atoms with Crippen molar-refractivity contribution in [2.45, 2.75) is 35.4 Å². The first-order valence-electron chi connectivity index (χ1n) is 12.0. The molecule has 1 heterocycles. The van der Waals surface area contributed by atoms with E-state index in [1.165, 1.54) is 18.3 Å². The van der Waals surface area contributed by atoms with Crippen molar-refractivity contribution < 1.29 is 31.2 Å². The first kappa shape index (κ1) is 26.9. The monoisotopic (exact) mass is 578 g/mol. The maximum atomic E-state index is 13.5. The number of aromatic nitrogens is 1. The molecule has 3 saturated carbocycles. The molecule has 13 heteroatoms. The summed E-state index contributed by atoms with van der Waals surface area (Å²) in [7, 11) is -3.96. The number of carbonyl (C=O) groups is 2. The number of nitrogens with one attached hydrogen (secondary N) is 3. The van der Waals surface area contributed by atoms with E-state index in [1.807, 2.05) is 0 Å². The Bertz CT molecular complexity index is 1520. The fourth-order valence-electron chi connectivity index (χ4n) is 5.25. The molecule has 8 nitrogen and oxygen atoms in total. The zero-order chi connectivity index (χ0) is 27.9. The van der Waals surface area contributed by atoms with Gasteiger partial charge in [0.15, 0.2) is 27.3 Å². The summed E-state index contributed by atoms with van der Waals surface area (Å²) in [5.74, 6) is -5.59. The number of halogens is 4. The lowest BCUT2D eigenvalue weighted by molar-refractivity contribution is 0.0601. The topological polar surface area (TPSA) is 117 Å². The second-order valence-corrected chi connectivity index (χ2v) is 12.2. The molecule has 3 aliphatic rings. The van der Waals surface area contributed by atoms with Crippen LogP contribution in [0.2, 0.25) is 5.02 Å². The Morgan fingerprint density at radius 2 is 1.62 bits per heavy atom. The number of hydrogen-bond acceptors (Lipinski definition) is 5. The van der Waals surface area contributed by atoms with Gasteiger partial charge < -0.3 is 16.0 Å². The van der Waals surface area contributed by atoms with Crippen LogP contribution >= 0.6 is 11.6 Å². The van der Waals surface area contributed by atoms with Crippen molar-refractivity contribution in [1.29, 1.82) is 0 Å². The van der Waals surface area contributed by atoms with E-state index in [-0.39, 0.29) is 39.0 Å². The summed E-state index contributed by atoms with van der Waals surface area (Å²) >= 11 is 6.22. The Morgan fingerprint density at radius 1 is 0.923 bits per heavy atom. The highest BCUT2D eigenvalue weighted by molar-refractivity contribution is 7.92. The first-order chi connectivity index (χ1) is 18.5. The average Bonchev–Trinajstić information content (AvgIpc) is 2.91. The second-order valence-electron chi connectivity index (χ2n) is 9.61. The molecule has 3 aliphatic carbocycles. The van der Waals surface area contributed by atoms with Crippen molar-refractivity contribution in [3.05, 3.63) is 82.9 Å². The Kier molecular flexibility index (Phi) is 7.25. The first-order valence-corrected chi connectivity index (χ1v) is 13.9. The van der Waals surface area contributed by atoms with Gasteiger partial charge in [-0.05, 0) is 61.4 Å². The van der Waals surface area contributed by atoms with E-state index in [1.54, 1.807) is 18.3 Å². The summed E-state index contributed by atoms with van der Waals surface area (Å²) in [4.78, 5) is 28.8. The normalized spacial score (nSPS) is 21.9. The number of urea groups is 1. The maximum absolute atomic E-state index is 13.5. The van der Waals surface area contributed by atoms with Gasteiger partial charge in [0.05, 0.1) is 27.1 Å². The molecule has 0 aliphatic heterocycles. The number of sulfone groups is 1. The van der Waals surface area contributed by atoms with Crippen molar-refractivity contribution >= 4 is 44.8 Å². The molecule has 0 spiro atoms. The lowest BCUT2D eigenvalue weighted by Crippen LogP contribution is -2.60. The molecule has 3 aromatic rings. The molecule has 2 atom stereocenters. The van der Waals surface area contributed by atoms with Gasteiger partial charge in [-0.1, -0.05) is 11.6 Å². The third kappa shape index (κ3) is 5.44. The van der Waals surface area contributed by atoms with Gasteiger partial charge in [-0.3, -0.25) is 9.78 Å². The van der Waals surface area contributed by atoms with Crippen molar-refractivity contribution in [3.63, 3.8) is 0 Å². The smallest absolute Gasteiger partial charge is 0.319 e. The van der Waals surface area contributed by atoms with Crippen LogP contribution in [0.1, 0.15) is 29.6 Å². The van der Waals surface area contributed by atoms with Crippen molar-refractivity contribution in [3.8, 4) is 0 Å². The molecular weight excluding hydrogens is 557 g/mol. The van der Waals surface area contributed by atoms with Crippen LogP contribution in [0, 0.1) is 29.3 Å². The van der Waals surface area contributed by atoms with Crippen molar-refractivity contribution in [2.75, 3.05) is 10.6 Å². The zero-order valence-corrected chi connectivity index (χ0v) is 21.7. The van der Waals surface area contributed by atoms with E-state index < -0.39 is 44.5 Å². The summed E-state index contributed by atoms with van der Waals surface area (Å²) in [5, 5.41) is 7.01. The van der Waals surface area contributed by atoms with E-state index in [2.05, 4.69) is 20.9 Å². The quantitative estimate of drug-likeness (QED) is 0.349. The van der Waals surface area contributed by atoms with Crippen LogP contribution in [0.4, 0.5) is 29.3 Å². The molecule has 3 fully saturated rings. The minimum absolute atomic E-state index is 0.0447. The van der Waals surface area contributed by atoms with Crippen LogP contribution in [0.3, 0.4) is 0 Å². The number of anilines is 2. The van der Waals surface area contributed by atoms with E-state index in [9.17, 15) is 31.2 Å². The molecule has 0 saturated heterocycles. The Hall–Kier alpha value is -3.64. The predicted octanol–water partition coefficient (Wildman–Crippen LogP) is 5.17. The Labute approximate surface area is 226 Å². The third-order valence-electron chi connectivity index (χ3n) is 7.15. The van der Waals surface area contributed by atoms with Crippen molar-refractivity contribution in [1.82, 2.24) is 10.3 Å². The lowest BCUT2D eigenvalue weighted by Gasteiger charge is -2.52. The standard InChI is InChI=1S/C26H22ClF3N4O4S/c27-19-4-3-13(25(35)32-17-10-20(28)23(30)21(29)11-17)9-22(19)39(37,38)18-7-14-6-15(8-18)24(14)34-26(36)33-16-2-1-5-31-12-16/h1-5,9-12,14-15,18,24H,6-8H2,(H,32,35)(H2,33,34,36). The second kappa shape index (κ2) is 10.5. The minimum atomic E-state index is -3.96. The predicted molar refractivity (Wildman–Crippen MR) is 138 cm³/mol. The zero-order valence-electron chi connectivity index (χ0n) is 20.1. The van der Waals surface area contributed by atoms with Gasteiger partial charge in [-0.2, -0.15) is 0 Å². The van der Waals surface area contributed by atoms with Crippen LogP contribution in [-0.4, -0.2) is 36.6 Å². The summed E-state index contributed by atoms with van der Waals surface area (Å²) in [6, 6.07) is 7.68. The van der Waals surface area contributed by atoms with Crippen LogP contribution in [0.25, 0.3) is 0 Å². The third-order valence-corrected chi connectivity index (χ3v) is 9.81. The minimum Gasteiger partial charge on any atom is -0.335 e. The van der Waals surface area contributed by atoms with Gasteiger partial charge in [0.1, 0.15) is 0 Å².